The fraction of sp³-hybridized carbons (Fsp3) is 0.364. The normalized spacial score (nSPS) is 13.1. The number of rotatable bonds is 4. The van der Waals surface area contributed by atoms with E-state index in [0.717, 1.165) is 12.3 Å². The van der Waals surface area contributed by atoms with Crippen LogP contribution in [0.15, 0.2) is 17.0 Å². The number of ether oxygens (including phenoxy) is 1. The van der Waals surface area contributed by atoms with Crippen molar-refractivity contribution in [3.8, 4) is 5.75 Å². The van der Waals surface area contributed by atoms with Gasteiger partial charge in [0.15, 0.2) is 9.84 Å². The van der Waals surface area contributed by atoms with Crippen molar-refractivity contribution in [2.75, 3.05) is 13.4 Å². The Morgan fingerprint density at radius 3 is 2.39 bits per heavy atom. The van der Waals surface area contributed by atoms with Gasteiger partial charge in [-0.3, -0.25) is 4.79 Å². The lowest BCUT2D eigenvalue weighted by atomic mass is 10.0. The molecule has 1 unspecified atom stereocenters. The highest BCUT2D eigenvalue weighted by Gasteiger charge is 2.24. The summed E-state index contributed by atoms with van der Waals surface area (Å²) in [5.74, 6) is -3.30. The molecule has 0 aliphatic rings. The Morgan fingerprint density at radius 2 is 2.00 bits per heavy atom. The van der Waals surface area contributed by atoms with Crippen LogP contribution in [0.25, 0.3) is 0 Å². The van der Waals surface area contributed by atoms with E-state index < -0.39 is 32.4 Å². The molecule has 0 aromatic heterocycles. The fourth-order valence-corrected chi connectivity index (χ4v) is 2.41. The Labute approximate surface area is 104 Å². The van der Waals surface area contributed by atoms with Gasteiger partial charge in [-0.2, -0.15) is 0 Å². The predicted octanol–water partition coefficient (Wildman–Crippen LogP) is 1.43. The maximum absolute atomic E-state index is 13.8. The largest absolute Gasteiger partial charge is 0.495 e. The fourth-order valence-electron chi connectivity index (χ4n) is 1.49. The number of aliphatic carboxylic acids is 1. The molecule has 100 valence electrons. The summed E-state index contributed by atoms with van der Waals surface area (Å²) in [7, 11) is -2.59. The van der Waals surface area contributed by atoms with Crippen LogP contribution in [-0.4, -0.2) is 32.9 Å². The van der Waals surface area contributed by atoms with Crippen molar-refractivity contribution in [2.45, 2.75) is 17.7 Å². The molecule has 0 aliphatic carbocycles. The highest BCUT2D eigenvalue weighted by molar-refractivity contribution is 7.90. The molecule has 0 bridgehead atoms. The minimum absolute atomic E-state index is 0.143. The lowest BCUT2D eigenvalue weighted by Crippen LogP contribution is -2.10. The van der Waals surface area contributed by atoms with E-state index in [9.17, 15) is 17.6 Å². The first kappa shape index (κ1) is 14.4. The molecule has 5 nitrogen and oxygen atoms in total. The lowest BCUT2D eigenvalue weighted by Gasteiger charge is -2.13. The number of hydrogen-bond acceptors (Lipinski definition) is 4. The number of carboxylic acids is 1. The van der Waals surface area contributed by atoms with Crippen LogP contribution in [0, 0.1) is 5.82 Å². The number of sulfone groups is 1. The Kier molecular flexibility index (Phi) is 3.95. The van der Waals surface area contributed by atoms with Crippen molar-refractivity contribution in [1.82, 2.24) is 0 Å². The molecular formula is C11H13FO5S. The van der Waals surface area contributed by atoms with Crippen LogP contribution in [0.3, 0.4) is 0 Å². The van der Waals surface area contributed by atoms with Crippen LogP contribution in [0.2, 0.25) is 0 Å². The Bertz CT molecular complexity index is 579. The van der Waals surface area contributed by atoms with E-state index in [4.69, 9.17) is 9.84 Å². The van der Waals surface area contributed by atoms with Gasteiger partial charge in [-0.25, -0.2) is 12.8 Å². The summed E-state index contributed by atoms with van der Waals surface area (Å²) in [4.78, 5) is 10.2. The predicted molar refractivity (Wildman–Crippen MR) is 62.1 cm³/mol. The molecule has 1 N–H and O–H groups in total. The number of benzene rings is 1. The van der Waals surface area contributed by atoms with Crippen LogP contribution in [-0.2, 0) is 14.6 Å². The zero-order chi connectivity index (χ0) is 14.1. The molecule has 18 heavy (non-hydrogen) atoms. The highest BCUT2D eigenvalue weighted by atomic mass is 32.2. The highest BCUT2D eigenvalue weighted by Crippen LogP contribution is 2.31. The third kappa shape index (κ3) is 2.79. The quantitative estimate of drug-likeness (QED) is 0.899. The monoisotopic (exact) mass is 276 g/mol. The van der Waals surface area contributed by atoms with E-state index in [1.54, 1.807) is 0 Å². The van der Waals surface area contributed by atoms with Crippen LogP contribution >= 0.6 is 0 Å². The van der Waals surface area contributed by atoms with Gasteiger partial charge in [0.2, 0.25) is 0 Å². The van der Waals surface area contributed by atoms with E-state index in [0.29, 0.717) is 0 Å². The van der Waals surface area contributed by atoms with E-state index in [1.807, 2.05) is 0 Å². The van der Waals surface area contributed by atoms with Crippen molar-refractivity contribution in [1.29, 1.82) is 0 Å². The molecule has 1 aromatic carbocycles. The SMILES string of the molecule is COc1cc(C(C)C(=O)O)cc(F)c1S(C)(=O)=O. The standard InChI is InChI=1S/C11H13FO5S/c1-6(11(13)14)7-4-8(12)10(18(3,15)16)9(5-7)17-2/h4-6H,1-3H3,(H,13,14). The van der Waals surface area contributed by atoms with Crippen LogP contribution in [0.5, 0.6) is 5.75 Å². The molecule has 0 fully saturated rings. The first-order valence-corrected chi connectivity index (χ1v) is 6.88. The van der Waals surface area contributed by atoms with Crippen LogP contribution < -0.4 is 4.74 Å². The summed E-state index contributed by atoms with van der Waals surface area (Å²) >= 11 is 0. The van der Waals surface area contributed by atoms with Crippen molar-refractivity contribution in [2.24, 2.45) is 0 Å². The molecule has 0 spiro atoms. The lowest BCUT2D eigenvalue weighted by molar-refractivity contribution is -0.138. The molecule has 0 saturated carbocycles. The maximum atomic E-state index is 13.8. The summed E-state index contributed by atoms with van der Waals surface area (Å²) in [6.07, 6.45) is 0.855. The van der Waals surface area contributed by atoms with E-state index in [2.05, 4.69) is 0 Å². The average molecular weight is 276 g/mol. The second-order valence-corrected chi connectivity index (χ2v) is 5.82. The minimum atomic E-state index is -3.79. The molecule has 7 heteroatoms. The second-order valence-electron chi connectivity index (χ2n) is 3.87. The van der Waals surface area contributed by atoms with Gasteiger partial charge in [-0.1, -0.05) is 0 Å². The van der Waals surface area contributed by atoms with Gasteiger partial charge in [0, 0.05) is 6.26 Å². The van der Waals surface area contributed by atoms with Gasteiger partial charge in [-0.15, -0.1) is 0 Å². The first-order chi connectivity index (χ1) is 8.18. The van der Waals surface area contributed by atoms with Gasteiger partial charge < -0.3 is 9.84 Å². The van der Waals surface area contributed by atoms with Crippen LogP contribution in [0.1, 0.15) is 18.4 Å². The molecule has 0 heterocycles. The van der Waals surface area contributed by atoms with Gasteiger partial charge in [-0.05, 0) is 24.6 Å². The summed E-state index contributed by atoms with van der Waals surface area (Å²) in [5, 5.41) is 8.84. The molecule has 1 aromatic rings. The van der Waals surface area contributed by atoms with Crippen molar-refractivity contribution in [3.05, 3.63) is 23.5 Å². The average Bonchev–Trinajstić information content (AvgIpc) is 2.24. The second kappa shape index (κ2) is 4.93. The van der Waals surface area contributed by atoms with E-state index >= 15 is 0 Å². The molecule has 1 atom stereocenters. The smallest absolute Gasteiger partial charge is 0.310 e. The molecule has 0 amide bonds. The van der Waals surface area contributed by atoms with Crippen molar-refractivity contribution >= 4 is 15.8 Å². The number of carbonyl (C=O) groups is 1. The molecular weight excluding hydrogens is 263 g/mol. The molecule has 1 rings (SSSR count). The zero-order valence-electron chi connectivity index (χ0n) is 10.1. The number of halogens is 1. The van der Waals surface area contributed by atoms with E-state index in [1.165, 1.54) is 20.1 Å². The summed E-state index contributed by atoms with van der Waals surface area (Å²) < 4.78 is 41.4. The van der Waals surface area contributed by atoms with Crippen molar-refractivity contribution < 1.29 is 27.4 Å². The minimum Gasteiger partial charge on any atom is -0.495 e. The first-order valence-electron chi connectivity index (χ1n) is 4.98. The van der Waals surface area contributed by atoms with Crippen molar-refractivity contribution in [3.63, 3.8) is 0 Å². The number of carboxylic acid groups (broad SMARTS) is 1. The summed E-state index contributed by atoms with van der Waals surface area (Å²) in [6.45, 7) is 1.37. The van der Waals surface area contributed by atoms with Gasteiger partial charge >= 0.3 is 5.97 Å². The van der Waals surface area contributed by atoms with Gasteiger partial charge in [0.05, 0.1) is 13.0 Å². The van der Waals surface area contributed by atoms with Crippen LogP contribution in [0.4, 0.5) is 4.39 Å². The van der Waals surface area contributed by atoms with Gasteiger partial charge in [0.25, 0.3) is 0 Å². The number of methoxy groups -OCH3 is 1. The maximum Gasteiger partial charge on any atom is 0.310 e. The number of hydrogen-bond donors (Lipinski definition) is 1. The molecule has 0 saturated heterocycles. The Morgan fingerprint density at radius 1 is 1.44 bits per heavy atom. The zero-order valence-corrected chi connectivity index (χ0v) is 10.9. The van der Waals surface area contributed by atoms with E-state index in [-0.39, 0.29) is 11.3 Å². The van der Waals surface area contributed by atoms with Gasteiger partial charge in [0.1, 0.15) is 16.5 Å². The summed E-state index contributed by atoms with van der Waals surface area (Å²) in [5.41, 5.74) is 0.143. The Hall–Kier alpha value is -1.63. The molecule has 0 aliphatic heterocycles. The third-order valence-corrected chi connectivity index (χ3v) is 3.63. The topological polar surface area (TPSA) is 80.7 Å². The third-order valence-electron chi connectivity index (χ3n) is 2.49. The summed E-state index contributed by atoms with van der Waals surface area (Å²) in [6, 6.07) is 2.12. The molecule has 0 radical (unpaired) electrons. The Balaban J connectivity index is 3.51.